The molecular weight excluding hydrogens is 303 g/mol. The van der Waals surface area contributed by atoms with E-state index >= 15 is 0 Å². The van der Waals surface area contributed by atoms with Crippen LogP contribution in [0.2, 0.25) is 0 Å². The van der Waals surface area contributed by atoms with E-state index in [1.807, 2.05) is 24.0 Å². The minimum atomic E-state index is -0.318. The fourth-order valence-corrected chi connectivity index (χ4v) is 3.68. The van der Waals surface area contributed by atoms with Gasteiger partial charge in [0.05, 0.1) is 12.5 Å². The van der Waals surface area contributed by atoms with Gasteiger partial charge in [-0.05, 0) is 36.6 Å². The van der Waals surface area contributed by atoms with Crippen LogP contribution in [0.3, 0.4) is 0 Å². The van der Waals surface area contributed by atoms with Crippen LogP contribution in [0.4, 0.5) is 4.39 Å². The van der Waals surface area contributed by atoms with Gasteiger partial charge < -0.3 is 9.88 Å². The molecule has 3 aromatic rings. The highest BCUT2D eigenvalue weighted by molar-refractivity contribution is 5.86. The van der Waals surface area contributed by atoms with E-state index in [1.165, 1.54) is 17.0 Å². The number of aromatic amines is 1. The number of H-pyrrole nitrogens is 1. The van der Waals surface area contributed by atoms with Crippen molar-refractivity contribution in [3.63, 3.8) is 0 Å². The van der Waals surface area contributed by atoms with Crippen molar-refractivity contribution in [1.29, 1.82) is 0 Å². The van der Waals surface area contributed by atoms with Crippen LogP contribution in [0.25, 0.3) is 10.9 Å². The zero-order valence-corrected chi connectivity index (χ0v) is 13.6. The number of hydrogen-bond donors (Lipinski definition) is 1. The molecule has 1 atom stereocenters. The molecule has 1 aromatic heterocycles. The van der Waals surface area contributed by atoms with Crippen molar-refractivity contribution in [2.75, 3.05) is 6.54 Å². The molecule has 1 aliphatic heterocycles. The minimum Gasteiger partial charge on any atom is -0.356 e. The predicted octanol–water partition coefficient (Wildman–Crippen LogP) is 4.00. The lowest BCUT2D eigenvalue weighted by molar-refractivity contribution is -0.133. The number of carbonyl (C=O) groups excluding carboxylic acids is 1. The fourth-order valence-electron chi connectivity index (χ4n) is 3.68. The van der Waals surface area contributed by atoms with Crippen LogP contribution in [-0.2, 0) is 17.6 Å². The maximum atomic E-state index is 13.8. The van der Waals surface area contributed by atoms with Crippen LogP contribution in [0, 0.1) is 5.82 Å². The van der Waals surface area contributed by atoms with Gasteiger partial charge in [0.2, 0.25) is 5.91 Å². The maximum absolute atomic E-state index is 13.8. The molecule has 4 rings (SSSR count). The summed E-state index contributed by atoms with van der Waals surface area (Å²) in [6, 6.07) is 14.7. The molecule has 4 heteroatoms. The molecule has 0 unspecified atom stereocenters. The first-order chi connectivity index (χ1) is 11.6. The van der Waals surface area contributed by atoms with Gasteiger partial charge >= 0.3 is 0 Å². The van der Waals surface area contributed by atoms with E-state index in [9.17, 15) is 9.18 Å². The molecule has 1 N–H and O–H groups in total. The van der Waals surface area contributed by atoms with Crippen molar-refractivity contribution in [2.24, 2.45) is 0 Å². The van der Waals surface area contributed by atoms with E-state index in [0.717, 1.165) is 17.6 Å². The van der Waals surface area contributed by atoms with Gasteiger partial charge in [-0.15, -0.1) is 0 Å². The van der Waals surface area contributed by atoms with Crippen LogP contribution in [-0.4, -0.2) is 22.3 Å². The normalized spacial score (nSPS) is 17.1. The highest BCUT2D eigenvalue weighted by Gasteiger charge is 2.30. The Morgan fingerprint density at radius 3 is 2.79 bits per heavy atom. The molecule has 0 saturated carbocycles. The monoisotopic (exact) mass is 322 g/mol. The number of para-hydroxylation sites is 1. The van der Waals surface area contributed by atoms with Gasteiger partial charge in [-0.2, -0.15) is 0 Å². The fraction of sp³-hybridized carbons (Fsp3) is 0.250. The summed E-state index contributed by atoms with van der Waals surface area (Å²) in [5, 5.41) is 1.24. The highest BCUT2D eigenvalue weighted by Crippen LogP contribution is 2.34. The number of aromatic nitrogens is 1. The molecule has 3 nitrogen and oxygen atoms in total. The molecule has 2 aromatic carbocycles. The number of amides is 1. The molecule has 0 saturated heterocycles. The van der Waals surface area contributed by atoms with Crippen molar-refractivity contribution < 1.29 is 9.18 Å². The first kappa shape index (κ1) is 14.9. The molecule has 122 valence electrons. The second-order valence-electron chi connectivity index (χ2n) is 6.34. The van der Waals surface area contributed by atoms with Crippen molar-refractivity contribution in [1.82, 2.24) is 9.88 Å². The van der Waals surface area contributed by atoms with Crippen LogP contribution in [0.5, 0.6) is 0 Å². The topological polar surface area (TPSA) is 36.1 Å². The van der Waals surface area contributed by atoms with Gasteiger partial charge in [0.15, 0.2) is 0 Å². The zero-order valence-electron chi connectivity index (χ0n) is 13.6. The number of fused-ring (bicyclic) bond motifs is 3. The first-order valence-electron chi connectivity index (χ1n) is 8.27. The summed E-state index contributed by atoms with van der Waals surface area (Å²) in [5.41, 5.74) is 3.97. The van der Waals surface area contributed by atoms with Crippen molar-refractivity contribution in [3.8, 4) is 0 Å². The minimum absolute atomic E-state index is 0.0274. The highest BCUT2D eigenvalue weighted by atomic mass is 19.1. The second-order valence-corrected chi connectivity index (χ2v) is 6.34. The van der Waals surface area contributed by atoms with Crippen LogP contribution in [0.15, 0.2) is 48.5 Å². The second kappa shape index (κ2) is 5.78. The van der Waals surface area contributed by atoms with Gasteiger partial charge in [-0.3, -0.25) is 4.79 Å². The third kappa shape index (κ3) is 2.39. The zero-order chi connectivity index (χ0) is 16.7. The number of benzene rings is 2. The molecule has 0 bridgehead atoms. The first-order valence-corrected chi connectivity index (χ1v) is 8.27. The average molecular weight is 322 g/mol. The lowest BCUT2D eigenvalue weighted by Crippen LogP contribution is -2.39. The van der Waals surface area contributed by atoms with Crippen molar-refractivity contribution >= 4 is 16.8 Å². The number of nitrogens with zero attached hydrogens (tertiary/aromatic N) is 1. The number of nitrogens with one attached hydrogen (secondary N) is 1. The summed E-state index contributed by atoms with van der Waals surface area (Å²) >= 11 is 0. The lowest BCUT2D eigenvalue weighted by atomic mass is 9.97. The summed E-state index contributed by atoms with van der Waals surface area (Å²) in [6.45, 7) is 2.70. The predicted molar refractivity (Wildman–Crippen MR) is 92.2 cm³/mol. The Balaban J connectivity index is 1.62. The molecule has 1 aliphatic rings. The Hall–Kier alpha value is -2.62. The Morgan fingerprint density at radius 1 is 1.21 bits per heavy atom. The molecule has 0 aliphatic carbocycles. The van der Waals surface area contributed by atoms with E-state index in [2.05, 4.69) is 17.1 Å². The van der Waals surface area contributed by atoms with E-state index in [4.69, 9.17) is 0 Å². The Kier molecular flexibility index (Phi) is 3.60. The van der Waals surface area contributed by atoms with Gasteiger partial charge in [-0.1, -0.05) is 36.4 Å². The molecule has 0 fully saturated rings. The van der Waals surface area contributed by atoms with E-state index in [-0.39, 0.29) is 24.2 Å². The molecule has 2 heterocycles. The van der Waals surface area contributed by atoms with Gasteiger partial charge in [0.25, 0.3) is 0 Å². The van der Waals surface area contributed by atoms with Crippen LogP contribution >= 0.6 is 0 Å². The maximum Gasteiger partial charge on any atom is 0.227 e. The summed E-state index contributed by atoms with van der Waals surface area (Å²) in [6.07, 6.45) is 0.930. The summed E-state index contributed by atoms with van der Waals surface area (Å²) < 4.78 is 13.8. The average Bonchev–Trinajstić information content (AvgIpc) is 2.97. The van der Waals surface area contributed by atoms with Crippen LogP contribution in [0.1, 0.15) is 29.8 Å². The van der Waals surface area contributed by atoms with E-state index < -0.39 is 0 Å². The summed E-state index contributed by atoms with van der Waals surface area (Å²) in [4.78, 5) is 18.0. The quantitative estimate of drug-likeness (QED) is 0.761. The van der Waals surface area contributed by atoms with Gasteiger partial charge in [0.1, 0.15) is 5.82 Å². The molecule has 24 heavy (non-hydrogen) atoms. The SMILES string of the molecule is C[C@@H]1c2[nH]c3ccccc3c2CCN1C(=O)Cc1ccccc1F. The standard InChI is InChI=1S/C20H19FN2O/c1-13-20-16(15-7-3-5-9-18(15)22-20)10-11-23(13)19(24)12-14-6-2-4-8-17(14)21/h2-9,13,22H,10-12H2,1H3/t13-/m1/s1. The Morgan fingerprint density at radius 2 is 1.96 bits per heavy atom. The third-order valence-corrected chi connectivity index (χ3v) is 4.95. The number of hydrogen-bond acceptors (Lipinski definition) is 1. The molecular formula is C20H19FN2O. The summed E-state index contributed by atoms with van der Waals surface area (Å²) in [5.74, 6) is -0.348. The van der Waals surface area contributed by atoms with E-state index in [0.29, 0.717) is 12.1 Å². The largest absolute Gasteiger partial charge is 0.356 e. The van der Waals surface area contributed by atoms with Gasteiger partial charge in [0, 0.05) is 23.1 Å². The number of halogens is 1. The van der Waals surface area contributed by atoms with Crippen molar-refractivity contribution in [2.45, 2.75) is 25.8 Å². The number of carbonyl (C=O) groups is 1. The summed E-state index contributed by atoms with van der Waals surface area (Å²) in [7, 11) is 0. The Bertz CT molecular complexity index is 915. The Labute approximate surface area is 140 Å². The van der Waals surface area contributed by atoms with Crippen molar-refractivity contribution in [3.05, 3.63) is 71.2 Å². The molecule has 1 amide bonds. The number of rotatable bonds is 2. The smallest absolute Gasteiger partial charge is 0.227 e. The van der Waals surface area contributed by atoms with Gasteiger partial charge in [-0.25, -0.2) is 4.39 Å². The molecule has 0 radical (unpaired) electrons. The molecule has 0 spiro atoms. The van der Waals surface area contributed by atoms with Crippen LogP contribution < -0.4 is 0 Å². The van der Waals surface area contributed by atoms with E-state index in [1.54, 1.807) is 18.2 Å². The lowest BCUT2D eigenvalue weighted by Gasteiger charge is -2.33. The third-order valence-electron chi connectivity index (χ3n) is 4.95.